The molecule has 0 bridgehead atoms. The van der Waals surface area contributed by atoms with Crippen molar-refractivity contribution in [3.05, 3.63) is 128 Å². The van der Waals surface area contributed by atoms with Crippen molar-refractivity contribution in [1.82, 2.24) is 5.32 Å². The number of benzene rings is 3. The van der Waals surface area contributed by atoms with Crippen LogP contribution in [0.5, 0.6) is 0 Å². The summed E-state index contributed by atoms with van der Waals surface area (Å²) in [5.74, 6) is -0.583. The molecule has 0 spiro atoms. The molecule has 8 heteroatoms. The first-order valence-electron chi connectivity index (χ1n) is 14.3. The van der Waals surface area contributed by atoms with Crippen LogP contribution in [0, 0.1) is 16.0 Å². The predicted molar refractivity (Wildman–Crippen MR) is 163 cm³/mol. The molecule has 8 nitrogen and oxygen atoms in total. The largest absolute Gasteiger partial charge is 0.478 e. The van der Waals surface area contributed by atoms with Gasteiger partial charge in [0.1, 0.15) is 0 Å². The maximum atomic E-state index is 13.1. The van der Waals surface area contributed by atoms with Gasteiger partial charge in [-0.1, -0.05) is 49.4 Å². The molecule has 0 radical (unpaired) electrons. The monoisotopic (exact) mass is 565 g/mol. The molecule has 1 heterocycles. The first-order valence-corrected chi connectivity index (χ1v) is 14.3. The van der Waals surface area contributed by atoms with E-state index in [0.29, 0.717) is 11.5 Å². The summed E-state index contributed by atoms with van der Waals surface area (Å²) < 4.78 is 0. The number of amides is 1. The Labute approximate surface area is 245 Å². The maximum absolute atomic E-state index is 13.1. The van der Waals surface area contributed by atoms with Gasteiger partial charge in [0.25, 0.3) is 11.6 Å². The van der Waals surface area contributed by atoms with Gasteiger partial charge < -0.3 is 15.3 Å². The van der Waals surface area contributed by atoms with Crippen molar-refractivity contribution in [3.8, 4) is 0 Å². The first kappa shape index (κ1) is 28.8. The van der Waals surface area contributed by atoms with Crippen LogP contribution >= 0.6 is 0 Å². The van der Waals surface area contributed by atoms with Gasteiger partial charge in [0, 0.05) is 42.4 Å². The van der Waals surface area contributed by atoms with E-state index in [0.717, 1.165) is 54.7 Å². The van der Waals surface area contributed by atoms with Crippen LogP contribution < -0.4 is 10.2 Å². The number of carboxylic acid groups (broad SMARTS) is 1. The van der Waals surface area contributed by atoms with Crippen molar-refractivity contribution in [2.75, 3.05) is 18.0 Å². The summed E-state index contributed by atoms with van der Waals surface area (Å²) in [4.78, 5) is 37.4. The van der Waals surface area contributed by atoms with Crippen LogP contribution in [0.2, 0.25) is 0 Å². The van der Waals surface area contributed by atoms with E-state index in [1.54, 1.807) is 24.3 Å². The van der Waals surface area contributed by atoms with Crippen LogP contribution in [0.1, 0.15) is 76.1 Å². The van der Waals surface area contributed by atoms with Gasteiger partial charge in [0.05, 0.1) is 16.5 Å². The standard InChI is InChI=1S/C34H35N3O5/c1-22-6-3-4-7-29(32(22)25-9-11-26(12-10-25)34(39)40)21-36-19-5-8-27-20-28(15-18-31(27)36)33(38)35-23(2)24-13-16-30(17-14-24)37(41)42/h3-4,7,9-18,20,22-23,32H,5-6,8,19,21H2,1-2H3,(H,35,38)(H,39,40)/t22?,23-,32?/m0/s1. The van der Waals surface area contributed by atoms with Crippen LogP contribution in [0.3, 0.4) is 0 Å². The third-order valence-electron chi connectivity index (χ3n) is 8.32. The zero-order chi connectivity index (χ0) is 29.8. The van der Waals surface area contributed by atoms with Crippen molar-refractivity contribution in [1.29, 1.82) is 0 Å². The van der Waals surface area contributed by atoms with Gasteiger partial charge in [-0.2, -0.15) is 0 Å². The molecule has 1 aliphatic carbocycles. The smallest absolute Gasteiger partial charge is 0.335 e. The number of nitro groups is 1. The number of anilines is 1. The highest BCUT2D eigenvalue weighted by Crippen LogP contribution is 2.38. The van der Waals surface area contributed by atoms with E-state index in [2.05, 4.69) is 35.4 Å². The van der Waals surface area contributed by atoms with E-state index in [1.807, 2.05) is 37.3 Å². The summed E-state index contributed by atoms with van der Waals surface area (Å²) in [6, 6.07) is 19.1. The number of nitro benzene ring substituents is 1. The lowest BCUT2D eigenvalue weighted by atomic mass is 9.80. The Morgan fingerprint density at radius 3 is 2.48 bits per heavy atom. The number of fused-ring (bicyclic) bond motifs is 1. The van der Waals surface area contributed by atoms with Gasteiger partial charge in [-0.3, -0.25) is 14.9 Å². The molecule has 0 aromatic heterocycles. The quantitative estimate of drug-likeness (QED) is 0.228. The number of rotatable bonds is 8. The van der Waals surface area contributed by atoms with Crippen LogP contribution in [0.15, 0.2) is 90.5 Å². The zero-order valence-corrected chi connectivity index (χ0v) is 23.8. The predicted octanol–water partition coefficient (Wildman–Crippen LogP) is 6.84. The van der Waals surface area contributed by atoms with Gasteiger partial charge in [0.2, 0.25) is 0 Å². The molecule has 2 aliphatic rings. The molecule has 0 saturated heterocycles. The second-order valence-electron chi connectivity index (χ2n) is 11.2. The Balaban J connectivity index is 1.32. The summed E-state index contributed by atoms with van der Waals surface area (Å²) >= 11 is 0. The lowest BCUT2D eigenvalue weighted by Crippen LogP contribution is -2.33. The van der Waals surface area contributed by atoms with Gasteiger partial charge in [-0.05, 0) is 84.7 Å². The number of carboxylic acids is 1. The average molecular weight is 566 g/mol. The van der Waals surface area contributed by atoms with Gasteiger partial charge in [-0.25, -0.2) is 4.79 Å². The molecule has 0 fully saturated rings. The summed E-state index contributed by atoms with van der Waals surface area (Å²) in [5.41, 5.74) is 6.36. The number of allylic oxidation sites excluding steroid dienone is 3. The molecular weight excluding hydrogens is 530 g/mol. The summed E-state index contributed by atoms with van der Waals surface area (Å²) in [7, 11) is 0. The molecule has 3 atom stereocenters. The Kier molecular flexibility index (Phi) is 8.52. The van der Waals surface area contributed by atoms with Crippen molar-refractivity contribution in [2.24, 2.45) is 5.92 Å². The fourth-order valence-corrected chi connectivity index (χ4v) is 6.07. The SMILES string of the molecule is CC1CC=CC=C(CN2CCCc3cc(C(=O)N[C@@H](C)c4ccc([N+](=O)[O-])cc4)ccc32)C1c1ccc(C(=O)O)cc1. The molecule has 3 aromatic rings. The molecule has 2 unspecified atom stereocenters. The highest BCUT2D eigenvalue weighted by molar-refractivity contribution is 5.95. The fraction of sp³-hybridized carbons (Fsp3) is 0.294. The minimum atomic E-state index is -0.924. The summed E-state index contributed by atoms with van der Waals surface area (Å²) in [6.07, 6.45) is 9.34. The van der Waals surface area contributed by atoms with Gasteiger partial charge >= 0.3 is 5.97 Å². The fourth-order valence-electron chi connectivity index (χ4n) is 6.07. The van der Waals surface area contributed by atoms with Gasteiger partial charge in [0.15, 0.2) is 0 Å². The van der Waals surface area contributed by atoms with E-state index in [9.17, 15) is 24.8 Å². The molecule has 1 amide bonds. The van der Waals surface area contributed by atoms with E-state index in [1.165, 1.54) is 17.7 Å². The number of hydrogen-bond acceptors (Lipinski definition) is 5. The van der Waals surface area contributed by atoms with Crippen LogP contribution in [0.4, 0.5) is 11.4 Å². The molecule has 5 rings (SSSR count). The van der Waals surface area contributed by atoms with Crippen LogP contribution in [-0.4, -0.2) is 35.0 Å². The Morgan fingerprint density at radius 1 is 1.07 bits per heavy atom. The third kappa shape index (κ3) is 6.28. The minimum Gasteiger partial charge on any atom is -0.478 e. The summed E-state index contributed by atoms with van der Waals surface area (Å²) in [5, 5.41) is 23.3. The Morgan fingerprint density at radius 2 is 1.79 bits per heavy atom. The average Bonchev–Trinajstić information content (AvgIpc) is 3.17. The molecular formula is C34H35N3O5. The maximum Gasteiger partial charge on any atom is 0.335 e. The molecule has 42 heavy (non-hydrogen) atoms. The van der Waals surface area contributed by atoms with Crippen LogP contribution in [-0.2, 0) is 6.42 Å². The van der Waals surface area contributed by atoms with Crippen molar-refractivity contribution in [2.45, 2.75) is 45.1 Å². The second kappa shape index (κ2) is 12.4. The van der Waals surface area contributed by atoms with Crippen molar-refractivity contribution < 1.29 is 19.6 Å². The molecule has 3 aromatic carbocycles. The number of nitrogens with one attached hydrogen (secondary N) is 1. The second-order valence-corrected chi connectivity index (χ2v) is 11.2. The van der Waals surface area contributed by atoms with E-state index in [-0.39, 0.29) is 29.1 Å². The van der Waals surface area contributed by atoms with Crippen molar-refractivity contribution in [3.63, 3.8) is 0 Å². The number of hydrogen-bond donors (Lipinski definition) is 2. The molecule has 1 aliphatic heterocycles. The topological polar surface area (TPSA) is 113 Å². The lowest BCUT2D eigenvalue weighted by molar-refractivity contribution is -0.384. The Hall–Kier alpha value is -4.72. The van der Waals surface area contributed by atoms with Crippen LogP contribution in [0.25, 0.3) is 0 Å². The number of carbonyl (C=O) groups is 2. The van der Waals surface area contributed by atoms with E-state index in [4.69, 9.17) is 0 Å². The van der Waals surface area contributed by atoms with Gasteiger partial charge in [-0.15, -0.1) is 0 Å². The molecule has 0 saturated carbocycles. The first-order chi connectivity index (χ1) is 20.2. The van der Waals surface area contributed by atoms with E-state index < -0.39 is 10.9 Å². The lowest BCUT2D eigenvalue weighted by Gasteiger charge is -2.35. The number of aryl methyl sites for hydroxylation is 1. The number of carbonyl (C=O) groups excluding carboxylic acids is 1. The summed E-state index contributed by atoms with van der Waals surface area (Å²) in [6.45, 7) is 5.76. The zero-order valence-electron chi connectivity index (χ0n) is 23.8. The highest BCUT2D eigenvalue weighted by Gasteiger charge is 2.27. The number of nitrogens with zero attached hydrogens (tertiary/aromatic N) is 2. The highest BCUT2D eigenvalue weighted by atomic mass is 16.6. The normalized spacial score (nSPS) is 18.8. The molecule has 216 valence electrons. The molecule has 2 N–H and O–H groups in total. The van der Waals surface area contributed by atoms with Crippen molar-refractivity contribution >= 4 is 23.3 Å². The Bertz CT molecular complexity index is 1540. The van der Waals surface area contributed by atoms with E-state index >= 15 is 0 Å². The number of aromatic carboxylic acids is 1. The number of non-ortho nitro benzene ring substituents is 1. The minimum absolute atomic E-state index is 0.0176. The third-order valence-corrected chi connectivity index (χ3v) is 8.32.